The topological polar surface area (TPSA) is 91.4 Å². The summed E-state index contributed by atoms with van der Waals surface area (Å²) in [4.78, 5) is 19.8. The molecule has 0 amide bonds. The number of anilines is 2. The van der Waals surface area contributed by atoms with Crippen molar-refractivity contribution in [1.29, 1.82) is 0 Å². The number of hydrogen-bond donors (Lipinski definition) is 3. The van der Waals surface area contributed by atoms with Gasteiger partial charge in [-0.3, -0.25) is 0 Å². The van der Waals surface area contributed by atoms with Crippen LogP contribution in [0.25, 0.3) is 22.3 Å². The molecule has 4 aromatic rings. The normalized spacial score (nSPS) is 18.3. The van der Waals surface area contributed by atoms with Crippen LogP contribution in [0.4, 0.5) is 24.8 Å². The molecule has 0 aliphatic heterocycles. The molecule has 0 unspecified atom stereocenters. The van der Waals surface area contributed by atoms with E-state index in [1.54, 1.807) is 6.92 Å². The van der Waals surface area contributed by atoms with Gasteiger partial charge in [-0.25, -0.2) is 33.1 Å². The van der Waals surface area contributed by atoms with Crippen molar-refractivity contribution < 1.29 is 13.2 Å². The molecular formula is C24H24F3N7. The van der Waals surface area contributed by atoms with E-state index in [2.05, 4.69) is 35.6 Å². The first-order chi connectivity index (χ1) is 16.4. The molecule has 0 saturated heterocycles. The van der Waals surface area contributed by atoms with E-state index in [0.717, 1.165) is 43.3 Å². The van der Waals surface area contributed by atoms with Gasteiger partial charge in [0.05, 0.1) is 11.2 Å². The molecule has 34 heavy (non-hydrogen) atoms. The summed E-state index contributed by atoms with van der Waals surface area (Å²) in [7, 11) is 0. The Balaban J connectivity index is 1.39. The van der Waals surface area contributed by atoms with Gasteiger partial charge in [-0.2, -0.15) is 0 Å². The highest BCUT2D eigenvalue weighted by Crippen LogP contribution is 2.31. The van der Waals surface area contributed by atoms with Crippen molar-refractivity contribution >= 4 is 22.5 Å². The molecule has 0 bridgehead atoms. The van der Waals surface area contributed by atoms with Gasteiger partial charge in [0.15, 0.2) is 17.5 Å². The van der Waals surface area contributed by atoms with Gasteiger partial charge >= 0.3 is 0 Å². The number of aromatic nitrogens is 5. The first kappa shape index (κ1) is 22.1. The third-order valence-electron chi connectivity index (χ3n) is 6.13. The molecule has 1 aromatic carbocycles. The Labute approximate surface area is 194 Å². The SMILES string of the molecule is Cc1cc(N[C@@H]2CCC[C@H](Nc3nc(-c4c[nH]c5c(F)cc(F)cc45)nc(C)c3F)C2)ncn1. The molecule has 1 aliphatic rings. The van der Waals surface area contributed by atoms with Gasteiger partial charge in [0, 0.05) is 47.1 Å². The molecule has 2 atom stereocenters. The molecule has 1 saturated carbocycles. The minimum absolute atomic E-state index is 0.0105. The predicted octanol–water partition coefficient (Wildman–Crippen LogP) is 5.28. The van der Waals surface area contributed by atoms with Gasteiger partial charge in [-0.05, 0) is 45.6 Å². The zero-order valence-electron chi connectivity index (χ0n) is 18.8. The van der Waals surface area contributed by atoms with Gasteiger partial charge in [0.25, 0.3) is 0 Å². The molecule has 3 N–H and O–H groups in total. The number of hydrogen-bond acceptors (Lipinski definition) is 6. The first-order valence-electron chi connectivity index (χ1n) is 11.2. The molecule has 7 nitrogen and oxygen atoms in total. The lowest BCUT2D eigenvalue weighted by atomic mass is 9.91. The quantitative estimate of drug-likeness (QED) is 0.370. The summed E-state index contributed by atoms with van der Waals surface area (Å²) >= 11 is 0. The van der Waals surface area contributed by atoms with Crippen molar-refractivity contribution in [2.45, 2.75) is 51.6 Å². The van der Waals surface area contributed by atoms with Crippen LogP contribution in [0.5, 0.6) is 0 Å². The van der Waals surface area contributed by atoms with Crippen molar-refractivity contribution in [3.05, 3.63) is 59.6 Å². The predicted molar refractivity (Wildman–Crippen MR) is 124 cm³/mol. The third-order valence-corrected chi connectivity index (χ3v) is 6.13. The van der Waals surface area contributed by atoms with Gasteiger partial charge in [-0.1, -0.05) is 0 Å². The number of H-pyrrole nitrogens is 1. The van der Waals surface area contributed by atoms with E-state index in [9.17, 15) is 13.2 Å². The van der Waals surface area contributed by atoms with Gasteiger partial charge in [0.1, 0.15) is 23.8 Å². The lowest BCUT2D eigenvalue weighted by Gasteiger charge is -2.31. The van der Waals surface area contributed by atoms with E-state index >= 15 is 0 Å². The fourth-order valence-corrected chi connectivity index (χ4v) is 4.50. The molecule has 10 heteroatoms. The Morgan fingerprint density at radius 1 is 0.971 bits per heavy atom. The Bertz CT molecular complexity index is 1350. The number of halogens is 3. The van der Waals surface area contributed by atoms with E-state index < -0.39 is 17.5 Å². The van der Waals surface area contributed by atoms with Gasteiger partial charge in [0.2, 0.25) is 0 Å². The summed E-state index contributed by atoms with van der Waals surface area (Å²) in [5.41, 5.74) is 1.59. The van der Waals surface area contributed by atoms with Crippen molar-refractivity contribution in [3.8, 4) is 11.4 Å². The van der Waals surface area contributed by atoms with E-state index in [0.29, 0.717) is 10.9 Å². The summed E-state index contributed by atoms with van der Waals surface area (Å²) in [5.74, 6) is -0.914. The number of benzene rings is 1. The van der Waals surface area contributed by atoms with Crippen molar-refractivity contribution in [2.75, 3.05) is 10.6 Å². The largest absolute Gasteiger partial charge is 0.367 e. The monoisotopic (exact) mass is 467 g/mol. The van der Waals surface area contributed by atoms with Crippen LogP contribution in [0.1, 0.15) is 37.1 Å². The highest BCUT2D eigenvalue weighted by atomic mass is 19.1. The Morgan fingerprint density at radius 2 is 1.76 bits per heavy atom. The second-order valence-corrected chi connectivity index (χ2v) is 8.70. The Morgan fingerprint density at radius 3 is 2.56 bits per heavy atom. The standard InChI is InChI=1S/C24H24F3N7/c1-12-6-20(30-11-29-12)32-15-4-3-5-16(9-15)33-24-21(27)13(2)31-23(34-24)18-10-28-22-17(18)7-14(25)8-19(22)26/h6-8,10-11,15-16,28H,3-5,9H2,1-2H3,(H,29,30,32)(H,31,33,34)/t15-,16+/m1/s1. The third kappa shape index (κ3) is 4.40. The molecule has 0 spiro atoms. The maximum absolute atomic E-state index is 15.0. The second kappa shape index (κ2) is 8.92. The molecule has 0 radical (unpaired) electrons. The van der Waals surface area contributed by atoms with Crippen LogP contribution in [0, 0.1) is 31.3 Å². The van der Waals surface area contributed by atoms with Gasteiger partial charge < -0.3 is 15.6 Å². The Kier molecular flexibility index (Phi) is 5.80. The van der Waals surface area contributed by atoms with E-state index in [1.807, 2.05) is 13.0 Å². The highest BCUT2D eigenvalue weighted by molar-refractivity contribution is 5.94. The number of nitrogens with zero attached hydrogens (tertiary/aromatic N) is 4. The van der Waals surface area contributed by atoms with Crippen LogP contribution in [-0.4, -0.2) is 37.0 Å². The molecule has 5 rings (SSSR count). The number of fused-ring (bicyclic) bond motifs is 1. The maximum atomic E-state index is 15.0. The average molecular weight is 467 g/mol. The van der Waals surface area contributed by atoms with Gasteiger partial charge in [-0.15, -0.1) is 0 Å². The van der Waals surface area contributed by atoms with Crippen molar-refractivity contribution in [3.63, 3.8) is 0 Å². The summed E-state index contributed by atoms with van der Waals surface area (Å²) in [6.07, 6.45) is 6.59. The highest BCUT2D eigenvalue weighted by Gasteiger charge is 2.25. The lowest BCUT2D eigenvalue weighted by molar-refractivity contribution is 0.424. The molecular weight excluding hydrogens is 443 g/mol. The van der Waals surface area contributed by atoms with Crippen LogP contribution >= 0.6 is 0 Å². The molecule has 176 valence electrons. The summed E-state index contributed by atoms with van der Waals surface area (Å²) in [6.45, 7) is 3.46. The minimum Gasteiger partial charge on any atom is -0.367 e. The van der Waals surface area contributed by atoms with Crippen LogP contribution in [0.15, 0.2) is 30.7 Å². The van der Waals surface area contributed by atoms with Crippen molar-refractivity contribution in [2.24, 2.45) is 0 Å². The fourth-order valence-electron chi connectivity index (χ4n) is 4.50. The lowest BCUT2D eigenvalue weighted by Crippen LogP contribution is -2.35. The fraction of sp³-hybridized carbons (Fsp3) is 0.333. The second-order valence-electron chi connectivity index (χ2n) is 8.70. The molecule has 1 fully saturated rings. The summed E-state index contributed by atoms with van der Waals surface area (Å²) in [5, 5.41) is 6.97. The van der Waals surface area contributed by atoms with Crippen LogP contribution in [0.2, 0.25) is 0 Å². The van der Waals surface area contributed by atoms with Crippen LogP contribution < -0.4 is 10.6 Å². The molecule has 3 heterocycles. The number of aryl methyl sites for hydroxylation is 2. The Hall–Kier alpha value is -3.69. The maximum Gasteiger partial charge on any atom is 0.186 e. The number of aromatic amines is 1. The van der Waals surface area contributed by atoms with E-state index in [1.165, 1.54) is 18.6 Å². The van der Waals surface area contributed by atoms with Crippen molar-refractivity contribution in [1.82, 2.24) is 24.9 Å². The molecule has 1 aliphatic carbocycles. The zero-order chi connectivity index (χ0) is 23.8. The van der Waals surface area contributed by atoms with Crippen LogP contribution in [-0.2, 0) is 0 Å². The van der Waals surface area contributed by atoms with E-state index in [4.69, 9.17) is 0 Å². The smallest absolute Gasteiger partial charge is 0.186 e. The van der Waals surface area contributed by atoms with E-state index in [-0.39, 0.29) is 34.9 Å². The van der Waals surface area contributed by atoms with Crippen LogP contribution in [0.3, 0.4) is 0 Å². The minimum atomic E-state index is -0.710. The zero-order valence-corrected chi connectivity index (χ0v) is 18.8. The molecule has 3 aromatic heterocycles. The summed E-state index contributed by atoms with van der Waals surface area (Å²) < 4.78 is 42.9. The summed E-state index contributed by atoms with van der Waals surface area (Å²) in [6, 6.07) is 4.08. The first-order valence-corrected chi connectivity index (χ1v) is 11.2. The number of rotatable bonds is 5. The average Bonchev–Trinajstić information content (AvgIpc) is 3.21. The number of nitrogens with one attached hydrogen (secondary N) is 3.